The van der Waals surface area contributed by atoms with Crippen LogP contribution in [0.3, 0.4) is 0 Å². The summed E-state index contributed by atoms with van der Waals surface area (Å²) in [5.41, 5.74) is 1.86. The Morgan fingerprint density at radius 1 is 1.11 bits per heavy atom. The molecule has 1 aliphatic heterocycles. The molecule has 0 aliphatic carbocycles. The number of hydrogen-bond donors (Lipinski definition) is 0. The Hall–Kier alpha value is -2.63. The normalized spacial score (nSPS) is 15.7. The Labute approximate surface area is 160 Å². The molecule has 1 aromatic carbocycles. The van der Waals surface area contributed by atoms with Gasteiger partial charge in [-0.05, 0) is 44.9 Å². The second-order valence-electron chi connectivity index (χ2n) is 7.24. The summed E-state index contributed by atoms with van der Waals surface area (Å²) in [6.07, 6.45) is 3.54. The van der Waals surface area contributed by atoms with Crippen LogP contribution in [0.5, 0.6) is 0 Å². The molecule has 6 nitrogen and oxygen atoms in total. The number of hydrogen-bond acceptors (Lipinski definition) is 4. The van der Waals surface area contributed by atoms with Crippen LogP contribution < -0.4 is 0 Å². The van der Waals surface area contributed by atoms with E-state index in [4.69, 9.17) is 4.74 Å². The van der Waals surface area contributed by atoms with E-state index in [0.29, 0.717) is 0 Å². The second-order valence-corrected chi connectivity index (χ2v) is 7.24. The maximum Gasteiger partial charge on any atom is 0.308 e. The van der Waals surface area contributed by atoms with Gasteiger partial charge in [-0.25, -0.2) is 0 Å². The fourth-order valence-corrected chi connectivity index (χ4v) is 3.52. The summed E-state index contributed by atoms with van der Waals surface area (Å²) < 4.78 is 5.24. The Bertz CT molecular complexity index is 731. The van der Waals surface area contributed by atoms with Gasteiger partial charge in [-0.1, -0.05) is 24.3 Å². The van der Waals surface area contributed by atoms with Crippen LogP contribution >= 0.6 is 0 Å². The van der Waals surface area contributed by atoms with Gasteiger partial charge in [0.25, 0.3) is 5.91 Å². The molecule has 0 spiro atoms. The molecule has 146 valence electrons. The van der Waals surface area contributed by atoms with Crippen LogP contribution in [0.4, 0.5) is 0 Å². The average molecular weight is 372 g/mol. The zero-order valence-corrected chi connectivity index (χ0v) is 16.6. The van der Waals surface area contributed by atoms with Crippen molar-refractivity contribution in [1.29, 1.82) is 0 Å². The molecular weight excluding hydrogens is 344 g/mol. The highest BCUT2D eigenvalue weighted by Crippen LogP contribution is 2.33. The second kappa shape index (κ2) is 8.84. The fraction of sp³-hybridized carbons (Fsp3) is 0.476. The minimum atomic E-state index is -0.503. The van der Waals surface area contributed by atoms with Gasteiger partial charge in [0.05, 0.1) is 12.5 Å². The van der Waals surface area contributed by atoms with Crippen LogP contribution in [0.1, 0.15) is 58.2 Å². The smallest absolute Gasteiger partial charge is 0.308 e. The Kier molecular flexibility index (Phi) is 6.77. The van der Waals surface area contributed by atoms with Gasteiger partial charge < -0.3 is 14.5 Å². The van der Waals surface area contributed by atoms with Gasteiger partial charge >= 0.3 is 5.97 Å². The molecule has 0 bridgehead atoms. The van der Waals surface area contributed by atoms with E-state index in [0.717, 1.165) is 11.1 Å². The minimum absolute atomic E-state index is 0.00241. The highest BCUT2D eigenvalue weighted by Gasteiger charge is 2.29. The first-order valence-electron chi connectivity index (χ1n) is 9.25. The number of amides is 2. The van der Waals surface area contributed by atoms with Crippen LogP contribution in [0.25, 0.3) is 6.08 Å². The van der Waals surface area contributed by atoms with Gasteiger partial charge in [0.1, 0.15) is 0 Å². The summed E-state index contributed by atoms with van der Waals surface area (Å²) in [6.45, 7) is 8.87. The molecule has 27 heavy (non-hydrogen) atoms. The van der Waals surface area contributed by atoms with Crippen LogP contribution in [-0.4, -0.2) is 46.3 Å². The maximum atomic E-state index is 12.4. The number of esters is 1. The molecular formula is C21H28N2O4. The first-order valence-corrected chi connectivity index (χ1v) is 9.25. The summed E-state index contributed by atoms with van der Waals surface area (Å²) >= 11 is 0. The van der Waals surface area contributed by atoms with Crippen molar-refractivity contribution in [3.8, 4) is 0 Å². The molecule has 1 heterocycles. The topological polar surface area (TPSA) is 66.9 Å². The van der Waals surface area contributed by atoms with Crippen molar-refractivity contribution in [1.82, 2.24) is 9.80 Å². The third-order valence-electron chi connectivity index (χ3n) is 4.59. The number of carbonyl (C=O) groups excluding carboxylic acids is 3. The van der Waals surface area contributed by atoms with Gasteiger partial charge in [-0.15, -0.1) is 0 Å². The van der Waals surface area contributed by atoms with Gasteiger partial charge in [0.2, 0.25) is 5.91 Å². The molecule has 0 aromatic heterocycles. The van der Waals surface area contributed by atoms with Gasteiger partial charge in [0.15, 0.2) is 6.61 Å². The van der Waals surface area contributed by atoms with E-state index in [-0.39, 0.29) is 36.9 Å². The van der Waals surface area contributed by atoms with Crippen LogP contribution in [-0.2, 0) is 19.1 Å². The number of fused-ring (bicyclic) bond motifs is 1. The Morgan fingerprint density at radius 2 is 1.74 bits per heavy atom. The number of rotatable bonds is 6. The zero-order chi connectivity index (χ0) is 20.1. The van der Waals surface area contributed by atoms with E-state index >= 15 is 0 Å². The lowest BCUT2D eigenvalue weighted by Crippen LogP contribution is -2.44. The fourth-order valence-electron chi connectivity index (χ4n) is 3.52. The van der Waals surface area contributed by atoms with Crippen molar-refractivity contribution in [2.75, 3.05) is 6.61 Å². The van der Waals surface area contributed by atoms with E-state index < -0.39 is 12.0 Å². The predicted molar refractivity (Wildman–Crippen MR) is 103 cm³/mol. The quantitative estimate of drug-likeness (QED) is 0.720. The van der Waals surface area contributed by atoms with Crippen molar-refractivity contribution >= 4 is 23.9 Å². The lowest BCUT2D eigenvalue weighted by molar-refractivity contribution is -0.154. The summed E-state index contributed by atoms with van der Waals surface area (Å²) in [7, 11) is 0. The molecule has 0 fully saturated rings. The molecule has 2 amide bonds. The molecule has 0 saturated heterocycles. The Morgan fingerprint density at radius 3 is 2.33 bits per heavy atom. The van der Waals surface area contributed by atoms with Crippen LogP contribution in [0.2, 0.25) is 0 Å². The van der Waals surface area contributed by atoms with Crippen LogP contribution in [0, 0.1) is 0 Å². The van der Waals surface area contributed by atoms with Crippen molar-refractivity contribution in [3.05, 3.63) is 41.6 Å². The van der Waals surface area contributed by atoms with Crippen molar-refractivity contribution in [2.24, 2.45) is 0 Å². The van der Waals surface area contributed by atoms with E-state index in [1.165, 1.54) is 11.8 Å². The molecule has 1 aliphatic rings. The maximum absolute atomic E-state index is 12.4. The summed E-state index contributed by atoms with van der Waals surface area (Å²) in [5, 5.41) is 0. The average Bonchev–Trinajstić information content (AvgIpc) is 2.59. The van der Waals surface area contributed by atoms with Crippen molar-refractivity contribution < 1.29 is 19.1 Å². The van der Waals surface area contributed by atoms with E-state index in [1.807, 2.05) is 58.0 Å². The molecule has 2 rings (SSSR count). The third-order valence-corrected chi connectivity index (χ3v) is 4.59. The van der Waals surface area contributed by atoms with E-state index in [2.05, 4.69) is 0 Å². The SMILES string of the molecule is CC(=O)N1C=Cc2ccccc2[C@H]1CC(=O)OCC(=O)N(C(C)C)C(C)C. The van der Waals surface area contributed by atoms with E-state index in [9.17, 15) is 14.4 Å². The molecule has 0 saturated carbocycles. The lowest BCUT2D eigenvalue weighted by Gasteiger charge is -2.32. The van der Waals surface area contributed by atoms with Gasteiger partial charge in [-0.2, -0.15) is 0 Å². The monoisotopic (exact) mass is 372 g/mol. The van der Waals surface area contributed by atoms with Gasteiger partial charge in [0, 0.05) is 25.2 Å². The minimum Gasteiger partial charge on any atom is -0.455 e. The standard InChI is InChI=1S/C21H28N2O4/c1-14(2)23(15(3)4)20(25)13-27-21(26)12-19-18-9-7-6-8-17(18)10-11-22(19)16(5)24/h6-11,14-15,19H,12-13H2,1-5H3/t19-/m1/s1. The van der Waals surface area contributed by atoms with Crippen molar-refractivity contribution in [3.63, 3.8) is 0 Å². The highest BCUT2D eigenvalue weighted by molar-refractivity contribution is 5.82. The summed E-state index contributed by atoms with van der Waals surface area (Å²) in [6, 6.07) is 7.25. The number of nitrogens with zero attached hydrogens (tertiary/aromatic N) is 2. The predicted octanol–water partition coefficient (Wildman–Crippen LogP) is 3.14. The molecule has 0 radical (unpaired) electrons. The molecule has 1 atom stereocenters. The summed E-state index contributed by atoms with van der Waals surface area (Å²) in [5.74, 6) is -0.877. The van der Waals surface area contributed by atoms with E-state index in [1.54, 1.807) is 11.1 Å². The first kappa shape index (κ1) is 20.7. The molecule has 6 heteroatoms. The number of benzene rings is 1. The Balaban J connectivity index is 2.06. The first-order chi connectivity index (χ1) is 12.7. The lowest BCUT2D eigenvalue weighted by atomic mass is 9.94. The van der Waals surface area contributed by atoms with Crippen LogP contribution in [0.15, 0.2) is 30.5 Å². The number of ether oxygens (including phenoxy) is 1. The summed E-state index contributed by atoms with van der Waals surface area (Å²) in [4.78, 5) is 40.0. The number of carbonyl (C=O) groups is 3. The van der Waals surface area contributed by atoms with Crippen molar-refractivity contribution in [2.45, 2.75) is 59.2 Å². The highest BCUT2D eigenvalue weighted by atomic mass is 16.5. The largest absolute Gasteiger partial charge is 0.455 e. The molecule has 0 unspecified atom stereocenters. The molecule has 1 aromatic rings. The van der Waals surface area contributed by atoms with Gasteiger partial charge in [-0.3, -0.25) is 14.4 Å². The zero-order valence-electron chi connectivity index (χ0n) is 16.6. The third kappa shape index (κ3) is 4.96. The molecule has 0 N–H and O–H groups in total.